The minimum Gasteiger partial charge on any atom is -0.489 e. The Labute approximate surface area is 199 Å². The number of amides is 1. The molecule has 1 aliphatic heterocycles. The van der Waals surface area contributed by atoms with E-state index in [0.29, 0.717) is 23.6 Å². The zero-order chi connectivity index (χ0) is 24.2. The molecule has 0 atom stereocenters. The Morgan fingerprint density at radius 1 is 0.912 bits per heavy atom. The smallest absolute Gasteiger partial charge is 0.340 e. The summed E-state index contributed by atoms with van der Waals surface area (Å²) in [5.41, 5.74) is 5.84. The van der Waals surface area contributed by atoms with Crippen LogP contribution < -0.4 is 9.64 Å². The summed E-state index contributed by atoms with van der Waals surface area (Å²) >= 11 is 0. The third kappa shape index (κ3) is 4.64. The number of ether oxygens (including phenoxy) is 2. The van der Waals surface area contributed by atoms with Gasteiger partial charge in [0.2, 0.25) is 0 Å². The summed E-state index contributed by atoms with van der Waals surface area (Å²) in [6.45, 7) is 6.22. The zero-order valence-corrected chi connectivity index (χ0v) is 19.8. The number of esters is 1. The van der Waals surface area contributed by atoms with Crippen molar-refractivity contribution < 1.29 is 19.1 Å². The fourth-order valence-electron chi connectivity index (χ4n) is 3.96. The summed E-state index contributed by atoms with van der Waals surface area (Å²) < 4.78 is 10.9. The maximum atomic E-state index is 13.5. The van der Waals surface area contributed by atoms with E-state index in [0.717, 1.165) is 27.9 Å². The average molecular weight is 454 g/mol. The van der Waals surface area contributed by atoms with Crippen LogP contribution in [0.2, 0.25) is 0 Å². The first-order chi connectivity index (χ1) is 16.4. The minimum atomic E-state index is -0.542. The maximum absolute atomic E-state index is 13.5. The predicted molar refractivity (Wildman–Crippen MR) is 133 cm³/mol. The molecule has 0 bridgehead atoms. The van der Waals surface area contributed by atoms with Gasteiger partial charge in [-0.15, -0.1) is 0 Å². The molecule has 34 heavy (non-hydrogen) atoms. The number of aryl methyl sites for hydroxylation is 2. The van der Waals surface area contributed by atoms with Crippen LogP contribution in [0.5, 0.6) is 5.75 Å². The van der Waals surface area contributed by atoms with Crippen LogP contribution in [0.15, 0.2) is 89.6 Å². The predicted octanol–water partition coefficient (Wildman–Crippen LogP) is 5.76. The van der Waals surface area contributed by atoms with Crippen molar-refractivity contribution in [2.75, 3.05) is 12.0 Å². The van der Waals surface area contributed by atoms with Crippen LogP contribution in [-0.4, -0.2) is 19.0 Å². The lowest BCUT2D eigenvalue weighted by atomic mass is 10.0. The fourth-order valence-corrected chi connectivity index (χ4v) is 3.96. The van der Waals surface area contributed by atoms with Gasteiger partial charge in [0.25, 0.3) is 5.91 Å². The van der Waals surface area contributed by atoms with Crippen LogP contribution in [0, 0.1) is 13.8 Å². The van der Waals surface area contributed by atoms with Crippen LogP contribution >= 0.6 is 0 Å². The topological polar surface area (TPSA) is 55.8 Å². The van der Waals surface area contributed by atoms with E-state index in [2.05, 4.69) is 0 Å². The third-order valence-corrected chi connectivity index (χ3v) is 5.96. The molecular formula is C29H27NO4. The van der Waals surface area contributed by atoms with Gasteiger partial charge in [0, 0.05) is 11.4 Å². The van der Waals surface area contributed by atoms with Crippen LogP contribution in [-0.2, 0) is 20.9 Å². The highest BCUT2D eigenvalue weighted by atomic mass is 16.5. The lowest BCUT2D eigenvalue weighted by molar-refractivity contribution is -0.136. The van der Waals surface area contributed by atoms with Crippen molar-refractivity contribution in [3.05, 3.63) is 112 Å². The van der Waals surface area contributed by atoms with Crippen molar-refractivity contribution in [2.45, 2.75) is 27.4 Å². The second kappa shape index (κ2) is 9.79. The first-order valence-corrected chi connectivity index (χ1v) is 11.1. The largest absolute Gasteiger partial charge is 0.489 e. The molecule has 1 aliphatic rings. The number of methoxy groups -OCH3 is 1. The van der Waals surface area contributed by atoms with Crippen molar-refractivity contribution in [3.63, 3.8) is 0 Å². The molecule has 0 N–H and O–H groups in total. The molecule has 5 heteroatoms. The summed E-state index contributed by atoms with van der Waals surface area (Å²) in [6.07, 6.45) is 1.72. The summed E-state index contributed by atoms with van der Waals surface area (Å²) in [5, 5.41) is 0. The van der Waals surface area contributed by atoms with E-state index in [1.54, 1.807) is 17.9 Å². The number of carbonyl (C=O) groups excluding carboxylic acids is 2. The zero-order valence-electron chi connectivity index (χ0n) is 19.8. The number of hydrogen-bond acceptors (Lipinski definition) is 4. The molecule has 1 amide bonds. The van der Waals surface area contributed by atoms with E-state index >= 15 is 0 Å². The molecule has 0 saturated heterocycles. The Balaban J connectivity index is 1.68. The van der Waals surface area contributed by atoms with Crippen molar-refractivity contribution in [1.82, 2.24) is 0 Å². The molecule has 1 heterocycles. The van der Waals surface area contributed by atoms with E-state index in [4.69, 9.17) is 9.47 Å². The Kier molecular flexibility index (Phi) is 6.64. The summed E-state index contributed by atoms with van der Waals surface area (Å²) in [7, 11) is 1.32. The van der Waals surface area contributed by atoms with Gasteiger partial charge in [0.05, 0.1) is 18.3 Å². The first kappa shape index (κ1) is 23.1. The molecule has 0 fully saturated rings. The second-order valence-electron chi connectivity index (χ2n) is 8.27. The van der Waals surface area contributed by atoms with Gasteiger partial charge in [-0.2, -0.15) is 0 Å². The molecule has 5 nitrogen and oxygen atoms in total. The number of benzene rings is 3. The monoisotopic (exact) mass is 453 g/mol. The highest BCUT2D eigenvalue weighted by Crippen LogP contribution is 2.36. The molecule has 172 valence electrons. The summed E-state index contributed by atoms with van der Waals surface area (Å²) in [4.78, 5) is 27.8. The number of rotatable bonds is 6. The number of anilines is 1. The standard InChI is InChI=1S/C29H27NO4/c1-19-13-14-24(15-20(19)2)30-21(3)27(29(32)33-4)26(28(30)31)17-23-11-8-12-25(16-23)34-18-22-9-6-5-7-10-22/h5-17H,18H2,1-4H3/b26-17-. The normalized spacial score (nSPS) is 14.6. The number of hydrogen-bond donors (Lipinski definition) is 0. The van der Waals surface area contributed by atoms with Gasteiger partial charge in [-0.3, -0.25) is 9.69 Å². The maximum Gasteiger partial charge on any atom is 0.340 e. The van der Waals surface area contributed by atoms with E-state index in [1.165, 1.54) is 7.11 Å². The highest BCUT2D eigenvalue weighted by Gasteiger charge is 2.38. The molecule has 0 aromatic heterocycles. The van der Waals surface area contributed by atoms with E-state index in [9.17, 15) is 9.59 Å². The summed E-state index contributed by atoms with van der Waals surface area (Å²) in [6, 6.07) is 23.2. The average Bonchev–Trinajstić information content (AvgIpc) is 3.09. The fraction of sp³-hybridized carbons (Fsp3) is 0.172. The van der Waals surface area contributed by atoms with E-state index in [-0.39, 0.29) is 11.5 Å². The quantitative estimate of drug-likeness (QED) is 0.352. The molecule has 0 spiro atoms. The first-order valence-electron chi connectivity index (χ1n) is 11.1. The van der Waals surface area contributed by atoms with Crippen molar-refractivity contribution in [1.29, 1.82) is 0 Å². The van der Waals surface area contributed by atoms with Gasteiger partial charge in [-0.1, -0.05) is 48.5 Å². The molecule has 0 unspecified atom stereocenters. The van der Waals surface area contributed by atoms with Gasteiger partial charge in [-0.05, 0) is 73.4 Å². The molecule has 3 aromatic carbocycles. The second-order valence-corrected chi connectivity index (χ2v) is 8.27. The van der Waals surface area contributed by atoms with Gasteiger partial charge in [0.1, 0.15) is 12.4 Å². The lowest BCUT2D eigenvalue weighted by Crippen LogP contribution is -2.24. The molecule has 4 rings (SSSR count). The molecule has 0 aliphatic carbocycles. The van der Waals surface area contributed by atoms with Crippen LogP contribution in [0.1, 0.15) is 29.2 Å². The van der Waals surface area contributed by atoms with Crippen molar-refractivity contribution >= 4 is 23.6 Å². The number of nitrogens with zero attached hydrogens (tertiary/aromatic N) is 1. The number of allylic oxidation sites excluding steroid dienone is 1. The van der Waals surface area contributed by atoms with E-state index < -0.39 is 5.97 Å². The molecular weight excluding hydrogens is 426 g/mol. The number of carbonyl (C=O) groups is 2. The van der Waals surface area contributed by atoms with E-state index in [1.807, 2.05) is 86.6 Å². The molecule has 0 saturated carbocycles. The Bertz CT molecular complexity index is 1300. The van der Waals surface area contributed by atoms with Crippen LogP contribution in [0.4, 0.5) is 5.69 Å². The Hall–Kier alpha value is -4.12. The highest BCUT2D eigenvalue weighted by molar-refractivity contribution is 6.23. The van der Waals surface area contributed by atoms with Crippen LogP contribution in [0.25, 0.3) is 6.08 Å². The van der Waals surface area contributed by atoms with Crippen LogP contribution in [0.3, 0.4) is 0 Å². The lowest BCUT2D eigenvalue weighted by Gasteiger charge is -2.19. The third-order valence-electron chi connectivity index (χ3n) is 5.96. The van der Waals surface area contributed by atoms with Gasteiger partial charge in [0.15, 0.2) is 0 Å². The van der Waals surface area contributed by atoms with Gasteiger partial charge >= 0.3 is 5.97 Å². The molecule has 0 radical (unpaired) electrons. The summed E-state index contributed by atoms with van der Waals surface area (Å²) in [5.74, 6) is -0.133. The Morgan fingerprint density at radius 2 is 1.68 bits per heavy atom. The van der Waals surface area contributed by atoms with Gasteiger partial charge < -0.3 is 9.47 Å². The Morgan fingerprint density at radius 3 is 2.38 bits per heavy atom. The van der Waals surface area contributed by atoms with Crippen molar-refractivity contribution in [2.24, 2.45) is 0 Å². The SMILES string of the molecule is COC(=O)C1=C(C)N(c2ccc(C)c(C)c2)C(=O)/C1=C\c1cccc(OCc2ccccc2)c1. The van der Waals surface area contributed by atoms with Crippen molar-refractivity contribution in [3.8, 4) is 5.75 Å². The van der Waals surface area contributed by atoms with Gasteiger partial charge in [-0.25, -0.2) is 4.79 Å². The minimum absolute atomic E-state index is 0.265. The molecule has 3 aromatic rings.